The molecule has 1 aromatic heterocycles. The molecule has 0 aliphatic carbocycles. The topological polar surface area (TPSA) is 84.7 Å². The van der Waals surface area contributed by atoms with Gasteiger partial charge in [0.2, 0.25) is 0 Å². The number of aromatic nitrogens is 4. The zero-order chi connectivity index (χ0) is 17.6. The maximum absolute atomic E-state index is 12.0. The van der Waals surface area contributed by atoms with Crippen LogP contribution in [0.15, 0.2) is 48.5 Å². The molecule has 8 heteroatoms. The number of anilines is 1. The van der Waals surface area contributed by atoms with E-state index in [1.807, 2.05) is 55.5 Å². The molecule has 3 aromatic rings. The third-order valence-corrected chi connectivity index (χ3v) is 3.84. The smallest absolute Gasteiger partial charge is 0.319 e. The number of aryl methyl sites for hydroxylation is 1. The van der Waals surface area contributed by atoms with Crippen molar-refractivity contribution in [1.82, 2.24) is 25.5 Å². The van der Waals surface area contributed by atoms with E-state index in [0.29, 0.717) is 23.1 Å². The highest BCUT2D eigenvalue weighted by molar-refractivity contribution is 6.30. The van der Waals surface area contributed by atoms with Crippen molar-refractivity contribution in [2.45, 2.75) is 13.3 Å². The first kappa shape index (κ1) is 16.9. The summed E-state index contributed by atoms with van der Waals surface area (Å²) >= 11 is 5.85. The van der Waals surface area contributed by atoms with Crippen LogP contribution in [0, 0.1) is 6.92 Å². The normalized spacial score (nSPS) is 10.5. The van der Waals surface area contributed by atoms with Crippen LogP contribution < -0.4 is 10.6 Å². The number of benzene rings is 2. The van der Waals surface area contributed by atoms with E-state index in [9.17, 15) is 4.79 Å². The Balaban J connectivity index is 1.54. The second kappa shape index (κ2) is 7.76. The summed E-state index contributed by atoms with van der Waals surface area (Å²) in [5.74, 6) is 0.671. The molecule has 0 spiro atoms. The minimum absolute atomic E-state index is 0.264. The Kier molecular flexibility index (Phi) is 5.25. The van der Waals surface area contributed by atoms with Gasteiger partial charge in [0.1, 0.15) is 0 Å². The van der Waals surface area contributed by atoms with E-state index >= 15 is 0 Å². The summed E-state index contributed by atoms with van der Waals surface area (Å²) in [6, 6.07) is 14.6. The lowest BCUT2D eigenvalue weighted by molar-refractivity contribution is 0.252. The molecule has 0 radical (unpaired) electrons. The highest BCUT2D eigenvalue weighted by Crippen LogP contribution is 2.14. The van der Waals surface area contributed by atoms with Crippen LogP contribution in [0.2, 0.25) is 5.02 Å². The van der Waals surface area contributed by atoms with Crippen LogP contribution in [-0.2, 0) is 6.42 Å². The van der Waals surface area contributed by atoms with Gasteiger partial charge in [-0.05, 0) is 59.7 Å². The maximum atomic E-state index is 12.0. The summed E-state index contributed by atoms with van der Waals surface area (Å²) in [5.41, 5.74) is 2.55. The predicted octanol–water partition coefficient (Wildman–Crippen LogP) is 2.99. The zero-order valence-electron chi connectivity index (χ0n) is 13.6. The van der Waals surface area contributed by atoms with Crippen molar-refractivity contribution in [2.75, 3.05) is 11.9 Å². The molecule has 7 nitrogen and oxygen atoms in total. The van der Waals surface area contributed by atoms with E-state index in [2.05, 4.69) is 26.2 Å². The van der Waals surface area contributed by atoms with Gasteiger partial charge in [-0.2, -0.15) is 4.68 Å². The molecule has 2 amide bonds. The molecule has 0 unspecified atom stereocenters. The number of urea groups is 1. The van der Waals surface area contributed by atoms with Gasteiger partial charge in [0.25, 0.3) is 0 Å². The molecule has 0 atom stereocenters. The van der Waals surface area contributed by atoms with Crippen molar-refractivity contribution in [3.63, 3.8) is 0 Å². The molecule has 2 N–H and O–H groups in total. The van der Waals surface area contributed by atoms with Crippen LogP contribution in [0.1, 0.15) is 11.4 Å². The van der Waals surface area contributed by atoms with Gasteiger partial charge in [0, 0.05) is 17.3 Å². The molecule has 0 saturated carbocycles. The number of amides is 2. The summed E-state index contributed by atoms with van der Waals surface area (Å²) in [7, 11) is 0. The van der Waals surface area contributed by atoms with Crippen LogP contribution in [0.3, 0.4) is 0 Å². The van der Waals surface area contributed by atoms with E-state index in [4.69, 9.17) is 11.6 Å². The van der Waals surface area contributed by atoms with Crippen molar-refractivity contribution >= 4 is 23.3 Å². The van der Waals surface area contributed by atoms with Gasteiger partial charge >= 0.3 is 6.03 Å². The Hall–Kier alpha value is -2.93. The molecule has 25 heavy (non-hydrogen) atoms. The van der Waals surface area contributed by atoms with Gasteiger partial charge in [-0.15, -0.1) is 5.10 Å². The Morgan fingerprint density at radius 3 is 2.72 bits per heavy atom. The number of carbonyl (C=O) groups excluding carboxylic acids is 1. The Labute approximate surface area is 150 Å². The second-order valence-corrected chi connectivity index (χ2v) is 5.88. The minimum Gasteiger partial charge on any atom is -0.338 e. The lowest BCUT2D eigenvalue weighted by Crippen LogP contribution is -2.30. The first-order valence-corrected chi connectivity index (χ1v) is 8.14. The third kappa shape index (κ3) is 4.54. The number of nitrogens with one attached hydrogen (secondary N) is 2. The standard InChI is InChI=1S/C17H17ClN6O/c1-12-21-22-23-24(12)16-4-2-3-15(11-16)20-17(25)19-10-9-13-5-7-14(18)8-6-13/h2-8,11H,9-10H2,1H3,(H2,19,20,25). The highest BCUT2D eigenvalue weighted by atomic mass is 35.5. The summed E-state index contributed by atoms with van der Waals surface area (Å²) in [6.45, 7) is 2.34. The van der Waals surface area contributed by atoms with Crippen molar-refractivity contribution in [2.24, 2.45) is 0 Å². The van der Waals surface area contributed by atoms with Crippen LogP contribution >= 0.6 is 11.6 Å². The number of halogens is 1. The van der Waals surface area contributed by atoms with Crippen molar-refractivity contribution < 1.29 is 4.79 Å². The quantitative estimate of drug-likeness (QED) is 0.736. The van der Waals surface area contributed by atoms with E-state index in [1.54, 1.807) is 4.68 Å². The highest BCUT2D eigenvalue weighted by Gasteiger charge is 2.06. The fourth-order valence-electron chi connectivity index (χ4n) is 2.33. The fourth-order valence-corrected chi connectivity index (χ4v) is 2.46. The molecular weight excluding hydrogens is 340 g/mol. The molecule has 0 aliphatic heterocycles. The van der Waals surface area contributed by atoms with E-state index < -0.39 is 0 Å². The SMILES string of the molecule is Cc1nnnn1-c1cccc(NC(=O)NCCc2ccc(Cl)cc2)c1. The molecular formula is C17H17ClN6O. The fraction of sp³-hybridized carbons (Fsp3) is 0.176. The van der Waals surface area contributed by atoms with Gasteiger partial charge in [-0.3, -0.25) is 0 Å². The van der Waals surface area contributed by atoms with Gasteiger partial charge in [0.15, 0.2) is 5.82 Å². The Morgan fingerprint density at radius 2 is 2.00 bits per heavy atom. The van der Waals surface area contributed by atoms with Crippen LogP contribution in [0.25, 0.3) is 5.69 Å². The summed E-state index contributed by atoms with van der Waals surface area (Å²) in [5, 5.41) is 17.7. The van der Waals surface area contributed by atoms with Gasteiger partial charge in [0.05, 0.1) is 5.69 Å². The largest absolute Gasteiger partial charge is 0.338 e. The van der Waals surface area contributed by atoms with Gasteiger partial charge in [-0.1, -0.05) is 29.8 Å². The van der Waals surface area contributed by atoms with Crippen LogP contribution in [0.5, 0.6) is 0 Å². The molecule has 0 bridgehead atoms. The van der Waals surface area contributed by atoms with Crippen molar-refractivity contribution in [3.8, 4) is 5.69 Å². The number of rotatable bonds is 5. The number of carbonyl (C=O) groups is 1. The predicted molar refractivity (Wildman–Crippen MR) is 96.1 cm³/mol. The van der Waals surface area contributed by atoms with Crippen molar-refractivity contribution in [3.05, 3.63) is 64.9 Å². The molecule has 0 saturated heterocycles. The monoisotopic (exact) mass is 356 g/mol. The maximum Gasteiger partial charge on any atom is 0.319 e. The number of tetrazole rings is 1. The lowest BCUT2D eigenvalue weighted by Gasteiger charge is -2.09. The molecule has 2 aromatic carbocycles. The first-order chi connectivity index (χ1) is 12.1. The lowest BCUT2D eigenvalue weighted by atomic mass is 10.1. The third-order valence-electron chi connectivity index (χ3n) is 3.59. The molecule has 0 fully saturated rings. The van der Waals surface area contributed by atoms with Gasteiger partial charge in [-0.25, -0.2) is 4.79 Å². The summed E-state index contributed by atoms with van der Waals surface area (Å²) in [4.78, 5) is 12.0. The van der Waals surface area contributed by atoms with Crippen LogP contribution in [0.4, 0.5) is 10.5 Å². The second-order valence-electron chi connectivity index (χ2n) is 5.45. The average molecular weight is 357 g/mol. The Bertz CT molecular complexity index is 862. The zero-order valence-corrected chi connectivity index (χ0v) is 14.4. The van der Waals surface area contributed by atoms with E-state index in [1.165, 1.54) is 0 Å². The first-order valence-electron chi connectivity index (χ1n) is 7.76. The van der Waals surface area contributed by atoms with E-state index in [-0.39, 0.29) is 6.03 Å². The average Bonchev–Trinajstić information content (AvgIpc) is 3.03. The molecule has 3 rings (SSSR count). The Morgan fingerprint density at radius 1 is 1.20 bits per heavy atom. The summed E-state index contributed by atoms with van der Waals surface area (Å²) in [6.07, 6.45) is 0.731. The van der Waals surface area contributed by atoms with E-state index in [0.717, 1.165) is 17.7 Å². The summed E-state index contributed by atoms with van der Waals surface area (Å²) < 4.78 is 1.60. The van der Waals surface area contributed by atoms with Gasteiger partial charge < -0.3 is 10.6 Å². The minimum atomic E-state index is -0.264. The number of hydrogen-bond donors (Lipinski definition) is 2. The molecule has 0 aliphatic rings. The van der Waals surface area contributed by atoms with Crippen LogP contribution in [-0.4, -0.2) is 32.8 Å². The molecule has 128 valence electrons. The van der Waals surface area contributed by atoms with Crippen molar-refractivity contribution in [1.29, 1.82) is 0 Å². The molecule has 1 heterocycles. The number of nitrogens with zero attached hydrogens (tertiary/aromatic N) is 4. The number of hydrogen-bond acceptors (Lipinski definition) is 4.